The highest BCUT2D eigenvalue weighted by atomic mass is 35.5. The van der Waals surface area contributed by atoms with E-state index in [1.807, 2.05) is 0 Å². The Hall–Kier alpha value is -1.34. The maximum Gasteiger partial charge on any atom is 0.337 e. The van der Waals surface area contributed by atoms with Crippen molar-refractivity contribution in [3.8, 4) is 0 Å². The van der Waals surface area contributed by atoms with E-state index in [1.54, 1.807) is 0 Å². The maximum atomic E-state index is 13.0. The fourth-order valence-electron chi connectivity index (χ4n) is 0.985. The highest BCUT2D eigenvalue weighted by Gasteiger charge is 2.31. The monoisotopic (exact) mass is 258 g/mol. The van der Waals surface area contributed by atoms with Crippen LogP contribution in [0, 0.1) is 23.3 Å². The van der Waals surface area contributed by atoms with Crippen LogP contribution in [-0.4, -0.2) is 16.2 Å². The number of hydrogen-bond donors (Lipinski definition) is 2. The van der Waals surface area contributed by atoms with Crippen LogP contribution in [0.2, 0.25) is 5.02 Å². The normalized spacial score (nSPS) is 12.6. The lowest BCUT2D eigenvalue weighted by molar-refractivity contribution is -0.147. The van der Waals surface area contributed by atoms with Gasteiger partial charge < -0.3 is 10.2 Å². The van der Waals surface area contributed by atoms with Gasteiger partial charge in [-0.2, -0.15) is 0 Å². The number of rotatable bonds is 2. The van der Waals surface area contributed by atoms with Gasteiger partial charge in [0.2, 0.25) is 0 Å². The number of carboxylic acid groups (broad SMARTS) is 1. The smallest absolute Gasteiger partial charge is 0.337 e. The maximum absolute atomic E-state index is 13.0. The third-order valence-electron chi connectivity index (χ3n) is 1.75. The molecule has 0 spiro atoms. The highest BCUT2D eigenvalue weighted by molar-refractivity contribution is 6.30. The largest absolute Gasteiger partial charge is 0.479 e. The summed E-state index contributed by atoms with van der Waals surface area (Å²) in [4.78, 5) is 10.3. The summed E-state index contributed by atoms with van der Waals surface area (Å²) < 4.78 is 51.7. The Labute approximate surface area is 90.9 Å². The zero-order valence-electron chi connectivity index (χ0n) is 7.27. The second-order valence-electron chi connectivity index (χ2n) is 2.72. The predicted octanol–water partition coefficient (Wildman–Crippen LogP) is 2.01. The van der Waals surface area contributed by atoms with Crippen LogP contribution in [0.5, 0.6) is 0 Å². The topological polar surface area (TPSA) is 57.5 Å². The predicted molar refractivity (Wildman–Crippen MR) is 43.9 cm³/mol. The molecule has 0 saturated heterocycles. The first-order valence-corrected chi connectivity index (χ1v) is 4.09. The number of hydrogen-bond acceptors (Lipinski definition) is 2. The van der Waals surface area contributed by atoms with Crippen LogP contribution in [0.1, 0.15) is 11.7 Å². The van der Waals surface area contributed by atoms with E-state index in [0.717, 1.165) is 0 Å². The molecule has 1 aromatic carbocycles. The molecule has 88 valence electrons. The Bertz CT molecular complexity index is 434. The Morgan fingerprint density at radius 1 is 1.06 bits per heavy atom. The Morgan fingerprint density at radius 3 is 1.75 bits per heavy atom. The molecular formula is C8H3ClF4O3. The van der Waals surface area contributed by atoms with E-state index >= 15 is 0 Å². The van der Waals surface area contributed by atoms with E-state index in [-0.39, 0.29) is 0 Å². The summed E-state index contributed by atoms with van der Waals surface area (Å²) >= 11 is 4.89. The zero-order valence-corrected chi connectivity index (χ0v) is 8.03. The van der Waals surface area contributed by atoms with Gasteiger partial charge in [0, 0.05) is 0 Å². The second kappa shape index (κ2) is 4.26. The van der Waals surface area contributed by atoms with Crippen LogP contribution in [0.3, 0.4) is 0 Å². The van der Waals surface area contributed by atoms with Crippen molar-refractivity contribution >= 4 is 17.6 Å². The molecule has 0 aliphatic carbocycles. The summed E-state index contributed by atoms with van der Waals surface area (Å²) in [6.07, 6.45) is -2.72. The molecule has 0 heterocycles. The van der Waals surface area contributed by atoms with Crippen molar-refractivity contribution in [2.24, 2.45) is 0 Å². The van der Waals surface area contributed by atoms with Gasteiger partial charge in [-0.15, -0.1) is 0 Å². The molecule has 8 heteroatoms. The molecule has 16 heavy (non-hydrogen) atoms. The molecule has 2 N–H and O–H groups in total. The van der Waals surface area contributed by atoms with Crippen LogP contribution < -0.4 is 0 Å². The standard InChI is InChI=1S/C8H3ClF4O3/c9-2-5(12)3(10)1(4(11)6(2)13)7(14)8(15)16/h7,14H,(H,15,16). The van der Waals surface area contributed by atoms with Crippen molar-refractivity contribution in [2.45, 2.75) is 6.10 Å². The van der Waals surface area contributed by atoms with Crippen molar-refractivity contribution in [1.82, 2.24) is 0 Å². The van der Waals surface area contributed by atoms with Crippen molar-refractivity contribution in [2.75, 3.05) is 0 Å². The number of carbonyl (C=O) groups is 1. The first-order chi connectivity index (χ1) is 7.29. The average Bonchev–Trinajstić information content (AvgIpc) is 2.23. The van der Waals surface area contributed by atoms with Gasteiger partial charge >= 0.3 is 5.97 Å². The van der Waals surface area contributed by atoms with E-state index in [2.05, 4.69) is 0 Å². The lowest BCUT2D eigenvalue weighted by Crippen LogP contribution is -2.16. The second-order valence-corrected chi connectivity index (χ2v) is 3.10. The minimum Gasteiger partial charge on any atom is -0.479 e. The fraction of sp³-hybridized carbons (Fsp3) is 0.125. The number of aliphatic carboxylic acids is 1. The molecule has 0 aliphatic heterocycles. The van der Waals surface area contributed by atoms with E-state index in [0.29, 0.717) is 0 Å². The summed E-state index contributed by atoms with van der Waals surface area (Å²) in [5.41, 5.74) is -1.63. The summed E-state index contributed by atoms with van der Waals surface area (Å²) in [5, 5.41) is 15.7. The molecule has 1 aromatic rings. The number of aliphatic hydroxyl groups is 1. The van der Waals surface area contributed by atoms with Crippen molar-refractivity contribution in [1.29, 1.82) is 0 Å². The number of carboxylic acids is 1. The summed E-state index contributed by atoms with van der Waals surface area (Å²) in [7, 11) is 0. The lowest BCUT2D eigenvalue weighted by Gasteiger charge is -2.10. The van der Waals surface area contributed by atoms with E-state index in [4.69, 9.17) is 21.8 Å². The van der Waals surface area contributed by atoms with E-state index < -0.39 is 45.9 Å². The zero-order chi connectivity index (χ0) is 12.6. The minimum atomic E-state index is -2.72. The number of aliphatic hydroxyl groups excluding tert-OH is 1. The van der Waals surface area contributed by atoms with Crippen LogP contribution >= 0.6 is 11.6 Å². The summed E-state index contributed by atoms with van der Waals surface area (Å²) in [5.74, 6) is -10.1. The molecule has 1 atom stereocenters. The quantitative estimate of drug-likeness (QED) is 0.485. The van der Waals surface area contributed by atoms with Gasteiger partial charge in [-0.3, -0.25) is 0 Å². The van der Waals surface area contributed by atoms with Crippen LogP contribution in [0.4, 0.5) is 17.6 Å². The Kier molecular flexibility index (Phi) is 3.39. The molecule has 0 fully saturated rings. The van der Waals surface area contributed by atoms with Gasteiger partial charge in [-0.1, -0.05) is 11.6 Å². The van der Waals surface area contributed by atoms with E-state index in [1.165, 1.54) is 0 Å². The molecule has 1 unspecified atom stereocenters. The van der Waals surface area contributed by atoms with Gasteiger partial charge in [0.1, 0.15) is 5.02 Å². The molecule has 1 rings (SSSR count). The number of halogens is 5. The van der Waals surface area contributed by atoms with Gasteiger partial charge in [-0.05, 0) is 0 Å². The van der Waals surface area contributed by atoms with Crippen molar-refractivity contribution in [3.63, 3.8) is 0 Å². The van der Waals surface area contributed by atoms with Gasteiger partial charge in [0.15, 0.2) is 29.4 Å². The molecule has 0 aliphatic rings. The Balaban J connectivity index is 3.57. The Morgan fingerprint density at radius 2 is 1.44 bits per heavy atom. The first kappa shape index (κ1) is 12.7. The molecule has 0 bridgehead atoms. The average molecular weight is 259 g/mol. The molecule has 0 aromatic heterocycles. The third kappa shape index (κ3) is 1.83. The van der Waals surface area contributed by atoms with Gasteiger partial charge in [0.25, 0.3) is 0 Å². The lowest BCUT2D eigenvalue weighted by atomic mass is 10.1. The summed E-state index contributed by atoms with van der Waals surface area (Å²) in [6, 6.07) is 0. The van der Waals surface area contributed by atoms with E-state index in [9.17, 15) is 22.4 Å². The molecule has 0 amide bonds. The van der Waals surface area contributed by atoms with Crippen LogP contribution in [0.25, 0.3) is 0 Å². The molecule has 3 nitrogen and oxygen atoms in total. The number of benzene rings is 1. The summed E-state index contributed by atoms with van der Waals surface area (Å²) in [6.45, 7) is 0. The third-order valence-corrected chi connectivity index (χ3v) is 2.08. The van der Waals surface area contributed by atoms with Crippen LogP contribution in [0.15, 0.2) is 0 Å². The van der Waals surface area contributed by atoms with Crippen LogP contribution in [-0.2, 0) is 4.79 Å². The minimum absolute atomic E-state index is 1.45. The SMILES string of the molecule is O=C(O)C(O)c1c(F)c(F)c(Cl)c(F)c1F. The molecular weight excluding hydrogens is 256 g/mol. The van der Waals surface area contributed by atoms with Gasteiger partial charge in [0.05, 0.1) is 5.56 Å². The van der Waals surface area contributed by atoms with Crippen molar-refractivity contribution < 1.29 is 32.6 Å². The molecule has 0 saturated carbocycles. The van der Waals surface area contributed by atoms with Crippen molar-refractivity contribution in [3.05, 3.63) is 33.9 Å². The van der Waals surface area contributed by atoms with Gasteiger partial charge in [-0.25, -0.2) is 22.4 Å². The highest BCUT2D eigenvalue weighted by Crippen LogP contribution is 2.31. The fourth-order valence-corrected chi connectivity index (χ4v) is 1.15. The molecule has 0 radical (unpaired) electrons. The first-order valence-electron chi connectivity index (χ1n) is 3.71.